The van der Waals surface area contributed by atoms with E-state index in [1.165, 1.54) is 16.0 Å². The second-order valence-electron chi connectivity index (χ2n) is 4.80. The molecule has 1 nitrogen and oxygen atoms in total. The van der Waals surface area contributed by atoms with Crippen molar-refractivity contribution < 1.29 is 4.74 Å². The highest BCUT2D eigenvalue weighted by molar-refractivity contribution is 9.10. The van der Waals surface area contributed by atoms with E-state index in [4.69, 9.17) is 4.74 Å². The molecular formula is C16H15BrOS. The van der Waals surface area contributed by atoms with Crippen LogP contribution in [0.2, 0.25) is 0 Å². The molecular weight excluding hydrogens is 320 g/mol. The number of thioether (sulfide) groups is 1. The normalized spacial score (nSPS) is 17.3. The molecule has 1 heterocycles. The summed E-state index contributed by atoms with van der Waals surface area (Å²) in [6.45, 7) is 2.83. The maximum atomic E-state index is 5.94. The monoisotopic (exact) mass is 334 g/mol. The largest absolute Gasteiger partial charge is 0.491 e. The van der Waals surface area contributed by atoms with Crippen molar-refractivity contribution >= 4 is 27.7 Å². The Morgan fingerprint density at radius 3 is 2.89 bits per heavy atom. The molecule has 0 saturated carbocycles. The fraction of sp³-hybridized carbons (Fsp3) is 0.250. The first kappa shape index (κ1) is 13.1. The van der Waals surface area contributed by atoms with Crippen molar-refractivity contribution in [2.24, 2.45) is 0 Å². The zero-order chi connectivity index (χ0) is 13.2. The average Bonchev–Trinajstić information content (AvgIpc) is 2.80. The molecule has 0 fully saturated rings. The van der Waals surface area contributed by atoms with Crippen molar-refractivity contribution in [2.75, 3.05) is 6.61 Å². The van der Waals surface area contributed by atoms with Crippen LogP contribution in [0.1, 0.15) is 11.1 Å². The fourth-order valence-corrected chi connectivity index (χ4v) is 4.08. The SMILES string of the molecule is Cc1ccc(OCC2Cc3ccccc3S2)c(Br)c1. The molecule has 1 aliphatic heterocycles. The van der Waals surface area contributed by atoms with Crippen LogP contribution >= 0.6 is 27.7 Å². The summed E-state index contributed by atoms with van der Waals surface area (Å²) in [5.74, 6) is 0.933. The van der Waals surface area contributed by atoms with Crippen LogP contribution in [0.3, 0.4) is 0 Å². The van der Waals surface area contributed by atoms with Crippen LogP contribution in [0, 0.1) is 6.92 Å². The van der Waals surface area contributed by atoms with Crippen molar-refractivity contribution in [3.8, 4) is 5.75 Å². The van der Waals surface area contributed by atoms with Gasteiger partial charge in [-0.3, -0.25) is 0 Å². The Hall–Kier alpha value is -0.930. The van der Waals surface area contributed by atoms with Crippen molar-refractivity contribution in [3.63, 3.8) is 0 Å². The van der Waals surface area contributed by atoms with Crippen LogP contribution in [0.25, 0.3) is 0 Å². The molecule has 3 rings (SSSR count). The third-order valence-electron chi connectivity index (χ3n) is 3.23. The molecule has 1 atom stereocenters. The number of aryl methyl sites for hydroxylation is 1. The highest BCUT2D eigenvalue weighted by Gasteiger charge is 2.22. The van der Waals surface area contributed by atoms with Crippen molar-refractivity contribution in [1.82, 2.24) is 0 Å². The smallest absolute Gasteiger partial charge is 0.133 e. The summed E-state index contributed by atoms with van der Waals surface area (Å²) in [6, 6.07) is 14.8. The molecule has 0 radical (unpaired) electrons. The van der Waals surface area contributed by atoms with E-state index in [1.807, 2.05) is 17.8 Å². The molecule has 0 amide bonds. The zero-order valence-electron chi connectivity index (χ0n) is 10.7. The van der Waals surface area contributed by atoms with Gasteiger partial charge in [0, 0.05) is 10.1 Å². The van der Waals surface area contributed by atoms with Crippen molar-refractivity contribution in [2.45, 2.75) is 23.5 Å². The molecule has 0 aromatic heterocycles. The number of hydrogen-bond donors (Lipinski definition) is 0. The first-order chi connectivity index (χ1) is 9.22. The number of halogens is 1. The predicted molar refractivity (Wildman–Crippen MR) is 84.2 cm³/mol. The van der Waals surface area contributed by atoms with E-state index < -0.39 is 0 Å². The summed E-state index contributed by atoms with van der Waals surface area (Å²) >= 11 is 5.48. The molecule has 2 aromatic rings. The topological polar surface area (TPSA) is 9.23 Å². The van der Waals surface area contributed by atoms with Crippen LogP contribution in [0.5, 0.6) is 5.75 Å². The lowest BCUT2D eigenvalue weighted by Gasteiger charge is -2.12. The van der Waals surface area contributed by atoms with Gasteiger partial charge in [-0.05, 0) is 58.6 Å². The summed E-state index contributed by atoms with van der Waals surface area (Å²) in [7, 11) is 0. The molecule has 0 spiro atoms. The van der Waals surface area contributed by atoms with E-state index in [0.29, 0.717) is 5.25 Å². The van der Waals surface area contributed by atoms with Crippen LogP contribution in [-0.2, 0) is 6.42 Å². The summed E-state index contributed by atoms with van der Waals surface area (Å²) in [5.41, 5.74) is 2.69. The van der Waals surface area contributed by atoms with Gasteiger partial charge in [-0.2, -0.15) is 0 Å². The number of hydrogen-bond acceptors (Lipinski definition) is 2. The minimum atomic E-state index is 0.519. The minimum Gasteiger partial charge on any atom is -0.491 e. The van der Waals surface area contributed by atoms with Crippen LogP contribution < -0.4 is 4.74 Å². The lowest BCUT2D eigenvalue weighted by Crippen LogP contribution is -2.13. The molecule has 1 aliphatic rings. The number of benzene rings is 2. The van der Waals surface area contributed by atoms with E-state index in [1.54, 1.807) is 0 Å². The summed E-state index contributed by atoms with van der Waals surface area (Å²) in [4.78, 5) is 1.40. The summed E-state index contributed by atoms with van der Waals surface area (Å²) in [5, 5.41) is 0.519. The Balaban J connectivity index is 1.63. The third kappa shape index (κ3) is 2.98. The standard InChI is InChI=1S/C16H15BrOS/c1-11-6-7-15(14(17)8-11)18-10-13-9-12-4-2-3-5-16(12)19-13/h2-8,13H,9-10H2,1H3. The lowest BCUT2D eigenvalue weighted by atomic mass is 10.1. The molecule has 19 heavy (non-hydrogen) atoms. The molecule has 98 valence electrons. The minimum absolute atomic E-state index is 0.519. The molecule has 0 N–H and O–H groups in total. The first-order valence-electron chi connectivity index (χ1n) is 6.36. The highest BCUT2D eigenvalue weighted by atomic mass is 79.9. The number of fused-ring (bicyclic) bond motifs is 1. The van der Waals surface area contributed by atoms with Gasteiger partial charge in [0.2, 0.25) is 0 Å². The Kier molecular flexibility index (Phi) is 3.85. The van der Waals surface area contributed by atoms with Crippen LogP contribution in [0.4, 0.5) is 0 Å². The van der Waals surface area contributed by atoms with Gasteiger partial charge in [0.25, 0.3) is 0 Å². The first-order valence-corrected chi connectivity index (χ1v) is 8.03. The van der Waals surface area contributed by atoms with Crippen LogP contribution in [-0.4, -0.2) is 11.9 Å². The molecule has 0 saturated heterocycles. The van der Waals surface area contributed by atoms with E-state index in [9.17, 15) is 0 Å². The molecule has 0 aliphatic carbocycles. The van der Waals surface area contributed by atoms with Gasteiger partial charge in [-0.15, -0.1) is 11.8 Å². The van der Waals surface area contributed by atoms with Gasteiger partial charge in [-0.25, -0.2) is 0 Å². The second-order valence-corrected chi connectivity index (χ2v) is 6.99. The Morgan fingerprint density at radius 1 is 1.26 bits per heavy atom. The van der Waals surface area contributed by atoms with E-state index in [2.05, 4.69) is 59.3 Å². The zero-order valence-corrected chi connectivity index (χ0v) is 13.1. The quantitative estimate of drug-likeness (QED) is 0.793. The Bertz CT molecular complexity index is 572. The molecule has 2 aromatic carbocycles. The van der Waals surface area contributed by atoms with Gasteiger partial charge in [0.1, 0.15) is 12.4 Å². The van der Waals surface area contributed by atoms with Gasteiger partial charge in [0.15, 0.2) is 0 Å². The van der Waals surface area contributed by atoms with Crippen LogP contribution in [0.15, 0.2) is 51.8 Å². The van der Waals surface area contributed by atoms with Gasteiger partial charge >= 0.3 is 0 Å². The maximum Gasteiger partial charge on any atom is 0.133 e. The number of rotatable bonds is 3. The van der Waals surface area contributed by atoms with Gasteiger partial charge in [-0.1, -0.05) is 24.3 Å². The van der Waals surface area contributed by atoms with E-state index in [0.717, 1.165) is 23.2 Å². The molecule has 1 unspecified atom stereocenters. The highest BCUT2D eigenvalue weighted by Crippen LogP contribution is 2.37. The number of ether oxygens (including phenoxy) is 1. The average molecular weight is 335 g/mol. The summed E-state index contributed by atoms with van der Waals surface area (Å²) in [6.07, 6.45) is 1.10. The Morgan fingerprint density at radius 2 is 2.11 bits per heavy atom. The van der Waals surface area contributed by atoms with Gasteiger partial charge in [0.05, 0.1) is 4.47 Å². The van der Waals surface area contributed by atoms with Crippen molar-refractivity contribution in [3.05, 3.63) is 58.1 Å². The third-order valence-corrected chi connectivity index (χ3v) is 5.13. The Labute approximate surface area is 126 Å². The second kappa shape index (κ2) is 5.59. The molecule has 0 bridgehead atoms. The lowest BCUT2D eigenvalue weighted by molar-refractivity contribution is 0.315. The van der Waals surface area contributed by atoms with E-state index in [-0.39, 0.29) is 0 Å². The van der Waals surface area contributed by atoms with Crippen molar-refractivity contribution in [1.29, 1.82) is 0 Å². The fourth-order valence-electron chi connectivity index (χ4n) is 2.25. The summed E-state index contributed by atoms with van der Waals surface area (Å²) < 4.78 is 6.97. The van der Waals surface area contributed by atoms with E-state index >= 15 is 0 Å². The molecule has 3 heteroatoms. The predicted octanol–water partition coefficient (Wildman–Crippen LogP) is 4.85. The van der Waals surface area contributed by atoms with Gasteiger partial charge < -0.3 is 4.74 Å². The maximum absolute atomic E-state index is 5.94.